The number of amides is 2. The van der Waals surface area contributed by atoms with Crippen LogP contribution in [-0.2, 0) is 14.3 Å². The first-order valence-corrected chi connectivity index (χ1v) is 10.8. The third kappa shape index (κ3) is 4.88. The van der Waals surface area contributed by atoms with Crippen LogP contribution in [0.5, 0.6) is 0 Å². The Labute approximate surface area is 194 Å². The molecule has 1 saturated heterocycles. The van der Waals surface area contributed by atoms with Crippen LogP contribution < -0.4 is 10.2 Å². The highest BCUT2D eigenvalue weighted by atomic mass is 35.5. The number of halogens is 2. The number of fused-ring (bicyclic) bond motifs is 1. The summed E-state index contributed by atoms with van der Waals surface area (Å²) in [7, 11) is 1.55. The zero-order chi connectivity index (χ0) is 22.7. The van der Waals surface area contributed by atoms with Crippen LogP contribution in [0.3, 0.4) is 0 Å². The molecule has 168 valence electrons. The summed E-state index contributed by atoms with van der Waals surface area (Å²) in [6.07, 6.45) is 0.292. The molecule has 2 N–H and O–H groups in total. The van der Waals surface area contributed by atoms with Gasteiger partial charge in [-0.1, -0.05) is 23.2 Å². The standard InChI is InChI=1S/C22H22Cl2N4O4/c1-31-12-18(21-25-16-4-3-14(23)11-17(16)26-21)27-22(30)13-2-5-19(15(24)10-13)28-7-9-32-8-6-20(28)29/h2-5,10-11,18H,6-9,12H2,1H3,(H,25,26)(H,27,30)/t18-/m0/s1. The molecule has 1 atom stereocenters. The van der Waals surface area contributed by atoms with Crippen LogP contribution >= 0.6 is 23.2 Å². The fraction of sp³-hybridized carbons (Fsp3) is 0.318. The van der Waals surface area contributed by atoms with Crippen molar-refractivity contribution in [3.8, 4) is 0 Å². The zero-order valence-corrected chi connectivity index (χ0v) is 18.9. The van der Waals surface area contributed by atoms with E-state index in [1.165, 1.54) is 0 Å². The van der Waals surface area contributed by atoms with Crippen molar-refractivity contribution in [3.63, 3.8) is 0 Å². The average molecular weight is 477 g/mol. The third-order valence-electron chi connectivity index (χ3n) is 5.15. The smallest absolute Gasteiger partial charge is 0.252 e. The van der Waals surface area contributed by atoms with Crippen LogP contribution in [0.25, 0.3) is 11.0 Å². The van der Waals surface area contributed by atoms with Crippen molar-refractivity contribution < 1.29 is 19.1 Å². The Hall–Kier alpha value is -2.65. The maximum atomic E-state index is 12.9. The molecule has 3 aromatic rings. The van der Waals surface area contributed by atoms with Crippen LogP contribution in [0.1, 0.15) is 28.6 Å². The Kier molecular flexibility index (Phi) is 6.95. The van der Waals surface area contributed by atoms with Crippen LogP contribution in [0.2, 0.25) is 10.0 Å². The summed E-state index contributed by atoms with van der Waals surface area (Å²) in [5.74, 6) is 0.145. The predicted octanol–water partition coefficient (Wildman–Crippen LogP) is 3.74. The number of H-pyrrole nitrogens is 1. The number of carbonyl (C=O) groups is 2. The molecule has 4 rings (SSSR count). The molecule has 1 aliphatic rings. The number of nitrogens with zero attached hydrogens (tertiary/aromatic N) is 2. The molecular formula is C22H22Cl2N4O4. The lowest BCUT2D eigenvalue weighted by Gasteiger charge is -2.22. The monoisotopic (exact) mass is 476 g/mol. The fourth-order valence-electron chi connectivity index (χ4n) is 3.56. The number of nitrogens with one attached hydrogen (secondary N) is 2. The Morgan fingerprint density at radius 2 is 2.12 bits per heavy atom. The van der Waals surface area contributed by atoms with Crippen molar-refractivity contribution in [2.45, 2.75) is 12.5 Å². The van der Waals surface area contributed by atoms with Crippen molar-refractivity contribution in [1.82, 2.24) is 15.3 Å². The maximum absolute atomic E-state index is 12.9. The van der Waals surface area contributed by atoms with Gasteiger partial charge in [-0.25, -0.2) is 4.98 Å². The SMILES string of the molecule is COC[C@H](NC(=O)c1ccc(N2CCOCCC2=O)c(Cl)c1)c1nc2cc(Cl)ccc2[nH]1. The number of hydrogen-bond acceptors (Lipinski definition) is 5. The summed E-state index contributed by atoms with van der Waals surface area (Å²) >= 11 is 12.5. The number of hydrogen-bond donors (Lipinski definition) is 2. The van der Waals surface area contributed by atoms with Crippen LogP contribution in [0.4, 0.5) is 5.69 Å². The summed E-state index contributed by atoms with van der Waals surface area (Å²) in [6, 6.07) is 9.69. The molecule has 10 heteroatoms. The number of carbonyl (C=O) groups excluding carboxylic acids is 2. The summed E-state index contributed by atoms with van der Waals surface area (Å²) in [6.45, 7) is 1.46. The lowest BCUT2D eigenvalue weighted by Crippen LogP contribution is -2.33. The second-order valence-electron chi connectivity index (χ2n) is 7.34. The molecule has 2 amide bonds. The Balaban J connectivity index is 1.54. The minimum atomic E-state index is -0.513. The van der Waals surface area contributed by atoms with E-state index in [1.54, 1.807) is 42.3 Å². The number of imidazole rings is 1. The molecule has 0 spiro atoms. The van der Waals surface area contributed by atoms with Gasteiger partial charge >= 0.3 is 0 Å². The lowest BCUT2D eigenvalue weighted by molar-refractivity contribution is -0.118. The number of rotatable bonds is 6. The van der Waals surface area contributed by atoms with Gasteiger partial charge in [0.05, 0.1) is 48.0 Å². The van der Waals surface area contributed by atoms with Crippen molar-refractivity contribution in [2.75, 3.05) is 38.4 Å². The fourth-order valence-corrected chi connectivity index (χ4v) is 4.01. The van der Waals surface area contributed by atoms with Gasteiger partial charge in [0.2, 0.25) is 5.91 Å². The Morgan fingerprint density at radius 3 is 2.91 bits per heavy atom. The van der Waals surface area contributed by atoms with Crippen LogP contribution in [-0.4, -0.2) is 55.3 Å². The molecule has 2 aromatic carbocycles. The van der Waals surface area contributed by atoms with E-state index >= 15 is 0 Å². The van der Waals surface area contributed by atoms with E-state index in [-0.39, 0.29) is 18.4 Å². The van der Waals surface area contributed by atoms with E-state index in [2.05, 4.69) is 15.3 Å². The molecule has 32 heavy (non-hydrogen) atoms. The first-order chi connectivity index (χ1) is 15.5. The normalized spacial score (nSPS) is 15.6. The van der Waals surface area contributed by atoms with Crippen LogP contribution in [0.15, 0.2) is 36.4 Å². The first-order valence-electron chi connectivity index (χ1n) is 10.1. The number of methoxy groups -OCH3 is 1. The van der Waals surface area contributed by atoms with E-state index in [1.807, 2.05) is 6.07 Å². The minimum Gasteiger partial charge on any atom is -0.382 e. The molecular weight excluding hydrogens is 455 g/mol. The summed E-state index contributed by atoms with van der Waals surface area (Å²) in [5.41, 5.74) is 2.42. The van der Waals surface area contributed by atoms with Gasteiger partial charge in [0, 0.05) is 24.2 Å². The van der Waals surface area contributed by atoms with E-state index in [0.717, 1.165) is 5.52 Å². The molecule has 0 radical (unpaired) electrons. The van der Waals surface area contributed by atoms with Gasteiger partial charge in [0.1, 0.15) is 11.9 Å². The number of ether oxygens (including phenoxy) is 2. The average Bonchev–Trinajstić information content (AvgIpc) is 3.07. The Bertz CT molecular complexity index is 1150. The van der Waals surface area contributed by atoms with Crippen molar-refractivity contribution >= 4 is 51.7 Å². The van der Waals surface area contributed by atoms with Gasteiger partial charge in [-0.2, -0.15) is 0 Å². The van der Waals surface area contributed by atoms with E-state index in [0.29, 0.717) is 58.8 Å². The predicted molar refractivity (Wildman–Crippen MR) is 122 cm³/mol. The molecule has 1 aromatic heterocycles. The van der Waals surface area contributed by atoms with E-state index in [9.17, 15) is 9.59 Å². The molecule has 1 fully saturated rings. The van der Waals surface area contributed by atoms with Crippen molar-refractivity contribution in [3.05, 3.63) is 57.8 Å². The minimum absolute atomic E-state index is 0.0632. The Morgan fingerprint density at radius 1 is 1.28 bits per heavy atom. The molecule has 0 aliphatic carbocycles. The highest BCUT2D eigenvalue weighted by Crippen LogP contribution is 2.28. The molecule has 0 unspecified atom stereocenters. The molecule has 2 heterocycles. The van der Waals surface area contributed by atoms with Crippen molar-refractivity contribution in [2.24, 2.45) is 0 Å². The summed E-state index contributed by atoms with van der Waals surface area (Å²) < 4.78 is 10.6. The summed E-state index contributed by atoms with van der Waals surface area (Å²) in [4.78, 5) is 34.6. The highest BCUT2D eigenvalue weighted by molar-refractivity contribution is 6.34. The number of aromatic nitrogens is 2. The molecule has 1 aliphatic heterocycles. The maximum Gasteiger partial charge on any atom is 0.252 e. The van der Waals surface area contributed by atoms with Crippen LogP contribution in [0, 0.1) is 0 Å². The third-order valence-corrected chi connectivity index (χ3v) is 5.69. The number of anilines is 1. The second-order valence-corrected chi connectivity index (χ2v) is 8.18. The topological polar surface area (TPSA) is 96.6 Å². The zero-order valence-electron chi connectivity index (χ0n) is 17.4. The van der Waals surface area contributed by atoms with Gasteiger partial charge in [0.15, 0.2) is 0 Å². The number of benzene rings is 2. The van der Waals surface area contributed by atoms with Gasteiger partial charge in [-0.05, 0) is 36.4 Å². The molecule has 0 saturated carbocycles. The number of aromatic amines is 1. The first kappa shape index (κ1) is 22.5. The highest BCUT2D eigenvalue weighted by Gasteiger charge is 2.23. The quantitative estimate of drug-likeness (QED) is 0.564. The van der Waals surface area contributed by atoms with Crippen molar-refractivity contribution in [1.29, 1.82) is 0 Å². The summed E-state index contributed by atoms with van der Waals surface area (Å²) in [5, 5.41) is 3.81. The van der Waals surface area contributed by atoms with Gasteiger partial charge in [-0.3, -0.25) is 9.59 Å². The van der Waals surface area contributed by atoms with Gasteiger partial charge < -0.3 is 24.7 Å². The molecule has 0 bridgehead atoms. The van der Waals surface area contributed by atoms with Gasteiger partial charge in [-0.15, -0.1) is 0 Å². The largest absolute Gasteiger partial charge is 0.382 e. The lowest BCUT2D eigenvalue weighted by atomic mass is 10.1. The van der Waals surface area contributed by atoms with E-state index in [4.69, 9.17) is 32.7 Å². The molecule has 8 nitrogen and oxygen atoms in total. The second kappa shape index (κ2) is 9.87. The van der Waals surface area contributed by atoms with Gasteiger partial charge in [0.25, 0.3) is 5.91 Å². The van der Waals surface area contributed by atoms with E-state index < -0.39 is 6.04 Å².